The van der Waals surface area contributed by atoms with Gasteiger partial charge >= 0.3 is 0 Å². The Balaban J connectivity index is 1.12. The summed E-state index contributed by atoms with van der Waals surface area (Å²) in [5.74, 6) is 0.164. The summed E-state index contributed by atoms with van der Waals surface area (Å²) < 4.78 is 24.2. The lowest BCUT2D eigenvalue weighted by molar-refractivity contribution is -0.00347. The average Bonchev–Trinajstić information content (AvgIpc) is 1.48. The number of hydrogen-bond acceptors (Lipinski definition) is 4. The van der Waals surface area contributed by atoms with Crippen molar-refractivity contribution in [1.82, 2.24) is 0 Å². The molecule has 1 heterocycles. The molecule has 0 N–H and O–H groups in total. The van der Waals surface area contributed by atoms with Gasteiger partial charge in [0.1, 0.15) is 11.2 Å². The van der Waals surface area contributed by atoms with E-state index in [0.717, 1.165) is 111 Å². The Hall–Kier alpha value is -9.71. The normalized spacial score (nSPS) is 13.5. The molecule has 5 heteroatoms. The molecule has 1 aromatic heterocycles. The summed E-state index contributed by atoms with van der Waals surface area (Å²) in [6.07, 6.45) is 0. The third kappa shape index (κ3) is 8.74. The highest BCUT2D eigenvalue weighted by Gasteiger charge is 2.55. The summed E-state index contributed by atoms with van der Waals surface area (Å²) in [7, 11) is 0. The lowest BCUT2D eigenvalue weighted by atomic mass is 9.68. The van der Waals surface area contributed by atoms with Crippen LogP contribution < -0.4 is 14.7 Å². The molecule has 13 aromatic rings. The summed E-state index contributed by atoms with van der Waals surface area (Å²) in [5.41, 5.74) is 21.6. The zero-order chi connectivity index (χ0) is 62.4. The SMILES string of the molecule is CC(C)(C)c1ccc(N(c2ccc(C(C)(C)C)cc2)c2ccc3c4c(c(-c5ccccc5)c(OF)c3c2)-c2c(cc(N(c3ccc(C(C)(C)C)cc3)c3ccc(C(C)(C)C)cc3)c3c2ccc2oc5ccccc5c23)C42c3ccccc3-c3ccccc32)cc1. The van der Waals surface area contributed by atoms with Gasteiger partial charge in [-0.3, -0.25) is 4.94 Å². The molecule has 0 unspecified atom stereocenters. The Labute approximate surface area is 528 Å². The van der Waals surface area contributed by atoms with Crippen molar-refractivity contribution in [2.24, 2.45) is 0 Å². The maximum absolute atomic E-state index is 17.3. The highest BCUT2D eigenvalue weighted by molar-refractivity contribution is 6.29. The van der Waals surface area contributed by atoms with Gasteiger partial charge in [-0.15, -0.1) is 0 Å². The summed E-state index contributed by atoms with van der Waals surface area (Å²) >= 11 is 0. The van der Waals surface area contributed by atoms with Crippen LogP contribution in [0, 0.1) is 0 Å². The number of furan rings is 1. The van der Waals surface area contributed by atoms with E-state index in [1.54, 1.807) is 0 Å². The number of para-hydroxylation sites is 1. The molecule has 0 saturated carbocycles. The Kier molecular flexibility index (Phi) is 12.9. The fourth-order valence-corrected chi connectivity index (χ4v) is 14.9. The van der Waals surface area contributed by atoms with Gasteiger partial charge in [-0.05, 0) is 190 Å². The Morgan fingerprint density at radius 1 is 0.344 bits per heavy atom. The van der Waals surface area contributed by atoms with E-state index in [4.69, 9.17) is 9.36 Å². The molecule has 444 valence electrons. The first-order valence-electron chi connectivity index (χ1n) is 31.8. The second-order valence-corrected chi connectivity index (χ2v) is 29.1. The molecule has 15 rings (SSSR count). The van der Waals surface area contributed by atoms with Crippen LogP contribution in [0.1, 0.15) is 128 Å². The van der Waals surface area contributed by atoms with Crippen molar-refractivity contribution in [3.05, 3.63) is 281 Å². The molecule has 0 amide bonds. The third-order valence-corrected chi connectivity index (χ3v) is 19.4. The standard InChI is InChI=1S/C85H75FN2O2/c1-81(2,3)53-30-38-57(39-31-53)87(58-40-32-54(33-41-58)82(4,5)6)61-46-47-64-67(50-61)80(90-86)74(52-22-14-13-15-23-52)78-75-66-48-49-73-77(65-26-18-21-29-72(65)89-73)76(66)71(51-70(75)85(79(64)78)68-27-19-16-24-62(68)63-25-17-20-28-69(63)85)88(59-42-34-55(35-43-59)83(7,8)9)60-44-36-56(37-45-60)84(10,11)12/h13-51H,1-12H3. The molecule has 4 nitrogen and oxygen atoms in total. The van der Waals surface area contributed by atoms with Crippen LogP contribution in [0.4, 0.5) is 38.7 Å². The first kappa shape index (κ1) is 56.8. The number of halogens is 1. The van der Waals surface area contributed by atoms with Gasteiger partial charge in [-0.25, -0.2) is 0 Å². The Bertz CT molecular complexity index is 4830. The average molecular weight is 1180 g/mol. The van der Waals surface area contributed by atoms with Crippen molar-refractivity contribution < 1.29 is 13.9 Å². The van der Waals surface area contributed by atoms with Crippen LogP contribution in [0.3, 0.4) is 0 Å². The quantitative estimate of drug-likeness (QED) is 0.152. The van der Waals surface area contributed by atoms with Crippen molar-refractivity contribution >= 4 is 77.6 Å². The molecule has 0 saturated heterocycles. The van der Waals surface area contributed by atoms with Crippen LogP contribution in [0.5, 0.6) is 5.75 Å². The van der Waals surface area contributed by atoms with Crippen LogP contribution >= 0.6 is 0 Å². The number of hydrogen-bond donors (Lipinski definition) is 0. The zero-order valence-corrected chi connectivity index (χ0v) is 53.6. The lowest BCUT2D eigenvalue weighted by Crippen LogP contribution is -2.27. The van der Waals surface area contributed by atoms with Crippen molar-refractivity contribution in [3.8, 4) is 39.1 Å². The van der Waals surface area contributed by atoms with Gasteiger partial charge in [0, 0.05) is 60.1 Å². The summed E-state index contributed by atoms with van der Waals surface area (Å²) in [4.78, 5) is 10.4. The fourth-order valence-electron chi connectivity index (χ4n) is 14.9. The van der Waals surface area contributed by atoms with Crippen LogP contribution in [0.25, 0.3) is 76.9 Å². The molecule has 90 heavy (non-hydrogen) atoms. The molecular weight excluding hydrogens is 1100 g/mol. The van der Waals surface area contributed by atoms with Crippen molar-refractivity contribution in [1.29, 1.82) is 0 Å². The Morgan fingerprint density at radius 3 is 1.29 bits per heavy atom. The first-order valence-corrected chi connectivity index (χ1v) is 31.8. The van der Waals surface area contributed by atoms with E-state index in [0.29, 0.717) is 10.9 Å². The topological polar surface area (TPSA) is 28.9 Å². The van der Waals surface area contributed by atoms with Crippen LogP contribution in [-0.4, -0.2) is 0 Å². The minimum atomic E-state index is -0.949. The zero-order valence-electron chi connectivity index (χ0n) is 53.6. The predicted molar refractivity (Wildman–Crippen MR) is 376 cm³/mol. The van der Waals surface area contributed by atoms with E-state index in [-0.39, 0.29) is 27.4 Å². The van der Waals surface area contributed by atoms with Gasteiger partial charge in [0.25, 0.3) is 0 Å². The molecular formula is C85H75FN2O2. The van der Waals surface area contributed by atoms with Gasteiger partial charge in [-0.2, -0.15) is 0 Å². The number of rotatable bonds is 8. The molecule has 0 atom stereocenters. The summed E-state index contributed by atoms with van der Waals surface area (Å²) in [5, 5.41) is 5.64. The maximum Gasteiger partial charge on any atom is 0.188 e. The monoisotopic (exact) mass is 1170 g/mol. The minimum Gasteiger partial charge on any atom is -0.456 e. The highest BCUT2D eigenvalue weighted by Crippen LogP contribution is 2.69. The summed E-state index contributed by atoms with van der Waals surface area (Å²) in [6.45, 7) is 27.1. The number of nitrogens with zero attached hydrogens (tertiary/aromatic N) is 2. The second kappa shape index (κ2) is 20.4. The first-order chi connectivity index (χ1) is 43.1. The van der Waals surface area contributed by atoms with Gasteiger partial charge in [0.05, 0.1) is 11.1 Å². The lowest BCUT2D eigenvalue weighted by Gasteiger charge is -2.34. The van der Waals surface area contributed by atoms with Crippen molar-refractivity contribution in [3.63, 3.8) is 0 Å². The smallest absolute Gasteiger partial charge is 0.188 e. The third-order valence-electron chi connectivity index (χ3n) is 19.4. The van der Waals surface area contributed by atoms with E-state index >= 15 is 4.53 Å². The molecule has 2 aliphatic carbocycles. The van der Waals surface area contributed by atoms with E-state index in [2.05, 4.69) is 317 Å². The largest absolute Gasteiger partial charge is 0.456 e. The molecule has 0 fully saturated rings. The molecule has 0 bridgehead atoms. The molecule has 12 aromatic carbocycles. The second-order valence-electron chi connectivity index (χ2n) is 29.1. The predicted octanol–water partition coefficient (Wildman–Crippen LogP) is 24.3. The van der Waals surface area contributed by atoms with E-state index in [1.165, 1.54) is 33.4 Å². The number of anilines is 6. The number of fused-ring (bicyclic) bond motifs is 18. The molecule has 0 aliphatic heterocycles. The summed E-state index contributed by atoms with van der Waals surface area (Å²) in [6, 6.07) is 86.5. The van der Waals surface area contributed by atoms with E-state index in [1.807, 2.05) is 12.1 Å². The van der Waals surface area contributed by atoms with Gasteiger partial charge in [-0.1, -0.05) is 235 Å². The minimum absolute atomic E-state index is 0.0502. The van der Waals surface area contributed by atoms with Gasteiger partial charge in [0.15, 0.2) is 5.75 Å². The number of benzene rings is 12. The van der Waals surface area contributed by atoms with Crippen molar-refractivity contribution in [2.45, 2.75) is 110 Å². The molecule has 0 radical (unpaired) electrons. The maximum atomic E-state index is 17.3. The van der Waals surface area contributed by atoms with Gasteiger partial charge in [0.2, 0.25) is 0 Å². The van der Waals surface area contributed by atoms with Crippen molar-refractivity contribution in [2.75, 3.05) is 9.80 Å². The van der Waals surface area contributed by atoms with Crippen LogP contribution in [0.2, 0.25) is 0 Å². The molecule has 2 aliphatic rings. The van der Waals surface area contributed by atoms with Crippen LogP contribution in [0.15, 0.2) is 241 Å². The fraction of sp³-hybridized carbons (Fsp3) is 0.200. The van der Waals surface area contributed by atoms with E-state index in [9.17, 15) is 0 Å². The molecule has 1 spiro atoms. The van der Waals surface area contributed by atoms with Crippen LogP contribution in [-0.2, 0) is 27.1 Å². The Morgan fingerprint density at radius 2 is 0.789 bits per heavy atom. The highest BCUT2D eigenvalue weighted by atomic mass is 19.3. The van der Waals surface area contributed by atoms with Gasteiger partial charge < -0.3 is 14.2 Å². The van der Waals surface area contributed by atoms with E-state index < -0.39 is 5.41 Å².